The average molecular weight is 271 g/mol. The van der Waals surface area contributed by atoms with Crippen molar-refractivity contribution in [2.24, 2.45) is 17.6 Å². The summed E-state index contributed by atoms with van der Waals surface area (Å²) in [5.41, 5.74) is 8.77. The molecule has 2 N–H and O–H groups in total. The second-order valence-electron chi connectivity index (χ2n) is 6.23. The predicted octanol–water partition coefficient (Wildman–Crippen LogP) is 3.36. The number of aromatic nitrogens is 2. The normalized spacial score (nSPS) is 18.4. The quantitative estimate of drug-likeness (QED) is 0.875. The van der Waals surface area contributed by atoms with Crippen LogP contribution < -0.4 is 5.73 Å². The molecule has 3 heteroatoms. The molecule has 1 aromatic carbocycles. The highest BCUT2D eigenvalue weighted by molar-refractivity contribution is 5.75. The van der Waals surface area contributed by atoms with Gasteiger partial charge in [0, 0.05) is 19.0 Å². The minimum Gasteiger partial charge on any atom is -0.328 e. The van der Waals surface area contributed by atoms with Gasteiger partial charge in [-0.15, -0.1) is 0 Å². The van der Waals surface area contributed by atoms with E-state index >= 15 is 0 Å². The van der Waals surface area contributed by atoms with E-state index in [1.54, 1.807) is 0 Å². The van der Waals surface area contributed by atoms with Gasteiger partial charge in [0.2, 0.25) is 0 Å². The predicted molar refractivity (Wildman–Crippen MR) is 83.6 cm³/mol. The van der Waals surface area contributed by atoms with Crippen molar-refractivity contribution < 1.29 is 0 Å². The SMILES string of the molecule is CCCn1c(CC(N)C(C)C2CC2)nc2ccccc21. The highest BCUT2D eigenvalue weighted by Gasteiger charge is 2.32. The monoisotopic (exact) mass is 271 g/mol. The van der Waals surface area contributed by atoms with Gasteiger partial charge in [-0.3, -0.25) is 0 Å². The summed E-state index contributed by atoms with van der Waals surface area (Å²) in [5, 5.41) is 0. The lowest BCUT2D eigenvalue weighted by Crippen LogP contribution is -2.32. The number of para-hydroxylation sites is 2. The molecular weight excluding hydrogens is 246 g/mol. The zero-order chi connectivity index (χ0) is 14.1. The second-order valence-corrected chi connectivity index (χ2v) is 6.23. The summed E-state index contributed by atoms with van der Waals surface area (Å²) in [7, 11) is 0. The molecule has 0 amide bonds. The summed E-state index contributed by atoms with van der Waals surface area (Å²) < 4.78 is 2.36. The van der Waals surface area contributed by atoms with E-state index in [4.69, 9.17) is 10.7 Å². The number of imidazole rings is 1. The molecule has 0 spiro atoms. The van der Waals surface area contributed by atoms with Crippen LogP contribution in [0.3, 0.4) is 0 Å². The topological polar surface area (TPSA) is 43.8 Å². The summed E-state index contributed by atoms with van der Waals surface area (Å²) in [6, 6.07) is 8.64. The van der Waals surface area contributed by atoms with Crippen molar-refractivity contribution in [3.63, 3.8) is 0 Å². The minimum absolute atomic E-state index is 0.231. The van der Waals surface area contributed by atoms with Gasteiger partial charge in [-0.1, -0.05) is 26.0 Å². The summed E-state index contributed by atoms with van der Waals surface area (Å²) in [4.78, 5) is 4.82. The summed E-state index contributed by atoms with van der Waals surface area (Å²) in [5.74, 6) is 2.63. The summed E-state index contributed by atoms with van der Waals surface area (Å²) >= 11 is 0. The van der Waals surface area contributed by atoms with Crippen LogP contribution in [0.4, 0.5) is 0 Å². The highest BCUT2D eigenvalue weighted by atomic mass is 15.1. The van der Waals surface area contributed by atoms with Gasteiger partial charge in [-0.05, 0) is 43.2 Å². The molecule has 1 heterocycles. The average Bonchev–Trinajstić information content (AvgIpc) is 3.24. The van der Waals surface area contributed by atoms with E-state index in [-0.39, 0.29) is 6.04 Å². The van der Waals surface area contributed by atoms with E-state index in [0.29, 0.717) is 5.92 Å². The van der Waals surface area contributed by atoms with Crippen LogP contribution in [0.1, 0.15) is 38.9 Å². The third kappa shape index (κ3) is 2.59. The smallest absolute Gasteiger partial charge is 0.111 e. The van der Waals surface area contributed by atoms with Gasteiger partial charge in [-0.25, -0.2) is 4.98 Å². The number of hydrogen-bond donors (Lipinski definition) is 1. The van der Waals surface area contributed by atoms with Crippen LogP contribution in [0.25, 0.3) is 11.0 Å². The van der Waals surface area contributed by atoms with Crippen LogP contribution in [0.5, 0.6) is 0 Å². The standard InChI is InChI=1S/C17H25N3/c1-3-10-20-16-7-5-4-6-15(16)19-17(20)11-14(18)12(2)13-8-9-13/h4-7,12-14H,3,8-11,18H2,1-2H3. The number of aryl methyl sites for hydroxylation is 1. The molecule has 1 aliphatic rings. The Hall–Kier alpha value is -1.35. The number of rotatable bonds is 6. The summed E-state index contributed by atoms with van der Waals surface area (Å²) in [6.45, 7) is 5.54. The van der Waals surface area contributed by atoms with Crippen molar-refractivity contribution in [1.29, 1.82) is 0 Å². The molecule has 2 aromatic rings. The van der Waals surface area contributed by atoms with Crippen LogP contribution in [-0.4, -0.2) is 15.6 Å². The number of nitrogens with zero attached hydrogens (tertiary/aromatic N) is 2. The Kier molecular flexibility index (Phi) is 3.79. The van der Waals surface area contributed by atoms with Crippen LogP contribution >= 0.6 is 0 Å². The molecular formula is C17H25N3. The van der Waals surface area contributed by atoms with Crippen LogP contribution in [0.15, 0.2) is 24.3 Å². The van der Waals surface area contributed by atoms with Crippen molar-refractivity contribution in [2.45, 2.75) is 52.1 Å². The van der Waals surface area contributed by atoms with Gasteiger partial charge in [0.25, 0.3) is 0 Å². The molecule has 2 unspecified atom stereocenters. The number of benzene rings is 1. The first-order chi connectivity index (χ1) is 9.70. The molecule has 0 bridgehead atoms. The van der Waals surface area contributed by atoms with Gasteiger partial charge < -0.3 is 10.3 Å². The second kappa shape index (κ2) is 5.57. The Morgan fingerprint density at radius 3 is 2.80 bits per heavy atom. The third-order valence-corrected chi connectivity index (χ3v) is 4.64. The number of hydrogen-bond acceptors (Lipinski definition) is 2. The molecule has 3 rings (SSSR count). The third-order valence-electron chi connectivity index (χ3n) is 4.64. The van der Waals surface area contributed by atoms with Gasteiger partial charge in [-0.2, -0.15) is 0 Å². The fourth-order valence-corrected chi connectivity index (χ4v) is 3.12. The molecule has 1 saturated carbocycles. The molecule has 2 atom stereocenters. The lowest BCUT2D eigenvalue weighted by molar-refractivity contribution is 0.395. The molecule has 3 nitrogen and oxygen atoms in total. The van der Waals surface area contributed by atoms with Crippen molar-refractivity contribution in [2.75, 3.05) is 0 Å². The van der Waals surface area contributed by atoms with Crippen LogP contribution in [0.2, 0.25) is 0 Å². The van der Waals surface area contributed by atoms with E-state index in [9.17, 15) is 0 Å². The van der Waals surface area contributed by atoms with Crippen molar-refractivity contribution >= 4 is 11.0 Å². The lowest BCUT2D eigenvalue weighted by Gasteiger charge is -2.19. The lowest BCUT2D eigenvalue weighted by atomic mass is 9.95. The first kappa shape index (κ1) is 13.6. The van der Waals surface area contributed by atoms with Crippen LogP contribution in [0, 0.1) is 11.8 Å². The summed E-state index contributed by atoms with van der Waals surface area (Å²) in [6.07, 6.45) is 4.74. The number of fused-ring (bicyclic) bond motifs is 1. The Morgan fingerprint density at radius 2 is 2.10 bits per heavy atom. The van der Waals surface area contributed by atoms with Crippen molar-refractivity contribution in [3.05, 3.63) is 30.1 Å². The molecule has 0 aliphatic heterocycles. The molecule has 1 aromatic heterocycles. The highest BCUT2D eigenvalue weighted by Crippen LogP contribution is 2.38. The van der Waals surface area contributed by atoms with E-state index in [1.165, 1.54) is 18.4 Å². The molecule has 108 valence electrons. The first-order valence-corrected chi connectivity index (χ1v) is 7.90. The molecule has 0 saturated heterocycles. The minimum atomic E-state index is 0.231. The maximum absolute atomic E-state index is 6.42. The largest absolute Gasteiger partial charge is 0.328 e. The van der Waals surface area contributed by atoms with E-state index < -0.39 is 0 Å². The van der Waals surface area contributed by atoms with Gasteiger partial charge >= 0.3 is 0 Å². The fraction of sp³-hybridized carbons (Fsp3) is 0.588. The van der Waals surface area contributed by atoms with Gasteiger partial charge in [0.05, 0.1) is 11.0 Å². The fourth-order valence-electron chi connectivity index (χ4n) is 3.12. The van der Waals surface area contributed by atoms with Crippen molar-refractivity contribution in [1.82, 2.24) is 9.55 Å². The first-order valence-electron chi connectivity index (χ1n) is 7.90. The molecule has 1 aliphatic carbocycles. The maximum atomic E-state index is 6.42. The number of nitrogens with two attached hydrogens (primary N) is 1. The van der Waals surface area contributed by atoms with Gasteiger partial charge in [0.15, 0.2) is 0 Å². The van der Waals surface area contributed by atoms with E-state index in [1.807, 2.05) is 0 Å². The van der Waals surface area contributed by atoms with Crippen LogP contribution in [-0.2, 0) is 13.0 Å². The van der Waals surface area contributed by atoms with E-state index in [0.717, 1.165) is 36.6 Å². The molecule has 20 heavy (non-hydrogen) atoms. The zero-order valence-corrected chi connectivity index (χ0v) is 12.5. The molecule has 1 fully saturated rings. The Bertz CT molecular complexity index is 583. The Labute approximate surface area is 121 Å². The van der Waals surface area contributed by atoms with Crippen molar-refractivity contribution in [3.8, 4) is 0 Å². The Balaban J connectivity index is 1.87. The maximum Gasteiger partial charge on any atom is 0.111 e. The van der Waals surface area contributed by atoms with E-state index in [2.05, 4.69) is 42.7 Å². The zero-order valence-electron chi connectivity index (χ0n) is 12.5. The molecule has 0 radical (unpaired) electrons. The Morgan fingerprint density at radius 1 is 1.35 bits per heavy atom. The van der Waals surface area contributed by atoms with Gasteiger partial charge in [0.1, 0.15) is 5.82 Å².